The molecular formula is C29H30O2. The fourth-order valence-electron chi connectivity index (χ4n) is 3.80. The highest BCUT2D eigenvalue weighted by Crippen LogP contribution is 2.24. The largest absolute Gasteiger partial charge is 0.465 e. The predicted octanol–water partition coefficient (Wildman–Crippen LogP) is 7.52. The smallest absolute Gasteiger partial charge is 0.204 e. The first-order valence-corrected chi connectivity index (χ1v) is 11.1. The van der Waals surface area contributed by atoms with Crippen molar-refractivity contribution in [2.24, 2.45) is 0 Å². The highest BCUT2D eigenvalue weighted by Gasteiger charge is 2.14. The molecule has 2 heteroatoms. The first-order chi connectivity index (χ1) is 15.2. The average Bonchev–Trinajstić information content (AvgIpc) is 2.83. The summed E-state index contributed by atoms with van der Waals surface area (Å²) in [6.45, 7) is 4.97. The number of ether oxygens (including phenoxy) is 2. The molecule has 2 unspecified atom stereocenters. The van der Waals surface area contributed by atoms with E-state index in [1.807, 2.05) is 6.07 Å². The van der Waals surface area contributed by atoms with Gasteiger partial charge in [-0.2, -0.15) is 0 Å². The van der Waals surface area contributed by atoms with E-state index in [1.165, 1.54) is 27.5 Å². The summed E-state index contributed by atoms with van der Waals surface area (Å²) in [4.78, 5) is 0. The van der Waals surface area contributed by atoms with Gasteiger partial charge >= 0.3 is 0 Å². The van der Waals surface area contributed by atoms with Crippen LogP contribution in [0, 0.1) is 0 Å². The number of hydrogen-bond acceptors (Lipinski definition) is 2. The lowest BCUT2D eigenvalue weighted by Crippen LogP contribution is -2.23. The minimum Gasteiger partial charge on any atom is -0.465 e. The first-order valence-electron chi connectivity index (χ1n) is 11.1. The van der Waals surface area contributed by atoms with Crippen LogP contribution in [0.4, 0.5) is 0 Å². The summed E-state index contributed by atoms with van der Waals surface area (Å²) in [6.07, 6.45) is 1.46. The highest BCUT2D eigenvalue weighted by atomic mass is 16.7. The van der Waals surface area contributed by atoms with Crippen molar-refractivity contribution in [3.05, 3.63) is 114 Å². The predicted molar refractivity (Wildman–Crippen MR) is 128 cm³/mol. The molecule has 31 heavy (non-hydrogen) atoms. The molecule has 0 spiro atoms. The number of hydrogen-bond donors (Lipinski definition) is 0. The van der Waals surface area contributed by atoms with E-state index >= 15 is 0 Å². The molecule has 2 nitrogen and oxygen atoms in total. The van der Waals surface area contributed by atoms with Crippen LogP contribution >= 0.6 is 0 Å². The maximum Gasteiger partial charge on any atom is 0.204 e. The molecule has 158 valence electrons. The minimum absolute atomic E-state index is 0.365. The van der Waals surface area contributed by atoms with Crippen molar-refractivity contribution in [2.45, 2.75) is 45.5 Å². The molecule has 0 aromatic heterocycles. The van der Waals surface area contributed by atoms with E-state index in [0.717, 1.165) is 12.2 Å². The number of fused-ring (bicyclic) bond motifs is 1. The Labute approximate surface area is 185 Å². The van der Waals surface area contributed by atoms with Crippen molar-refractivity contribution in [3.63, 3.8) is 0 Å². The molecule has 0 bridgehead atoms. The van der Waals surface area contributed by atoms with Crippen molar-refractivity contribution in [2.75, 3.05) is 0 Å². The van der Waals surface area contributed by atoms with E-state index in [0.29, 0.717) is 18.9 Å². The summed E-state index contributed by atoms with van der Waals surface area (Å²) in [7, 11) is 0. The van der Waals surface area contributed by atoms with Gasteiger partial charge in [-0.05, 0) is 51.9 Å². The van der Waals surface area contributed by atoms with Crippen LogP contribution < -0.4 is 4.74 Å². The molecule has 0 aliphatic carbocycles. The molecule has 0 heterocycles. The van der Waals surface area contributed by atoms with Crippen molar-refractivity contribution in [1.82, 2.24) is 0 Å². The second-order valence-electron chi connectivity index (χ2n) is 8.06. The Bertz CT molecular complexity index is 1080. The van der Waals surface area contributed by atoms with Gasteiger partial charge in [0.25, 0.3) is 0 Å². The van der Waals surface area contributed by atoms with Crippen LogP contribution in [0.15, 0.2) is 97.1 Å². The van der Waals surface area contributed by atoms with Crippen LogP contribution in [-0.4, -0.2) is 6.29 Å². The molecule has 0 N–H and O–H groups in total. The highest BCUT2D eigenvalue weighted by molar-refractivity contribution is 5.85. The SMILES string of the molecule is CCC(C)c1ccc(OC(Cc2ccccc2)OCc2cccc3ccccc23)cc1. The minimum atomic E-state index is -0.365. The quantitative estimate of drug-likeness (QED) is 0.266. The summed E-state index contributed by atoms with van der Waals surface area (Å²) in [5.74, 6) is 1.39. The summed E-state index contributed by atoms with van der Waals surface area (Å²) in [5.41, 5.74) is 3.71. The maximum absolute atomic E-state index is 6.32. The lowest BCUT2D eigenvalue weighted by Gasteiger charge is -2.21. The molecule has 4 aromatic rings. The van der Waals surface area contributed by atoms with Gasteiger partial charge in [-0.15, -0.1) is 0 Å². The molecule has 4 aromatic carbocycles. The summed E-state index contributed by atoms with van der Waals surface area (Å²) in [5, 5.41) is 2.45. The fraction of sp³-hybridized carbons (Fsp3) is 0.241. The van der Waals surface area contributed by atoms with Crippen molar-refractivity contribution in [1.29, 1.82) is 0 Å². The lowest BCUT2D eigenvalue weighted by molar-refractivity contribution is -0.0877. The summed E-state index contributed by atoms with van der Waals surface area (Å²) < 4.78 is 12.6. The standard InChI is InChI=1S/C29H30O2/c1-3-22(2)24-16-18-27(19-17-24)31-29(20-23-10-5-4-6-11-23)30-21-26-14-9-13-25-12-7-8-15-28(25)26/h4-19,22,29H,3,20-21H2,1-2H3. The van der Waals surface area contributed by atoms with Gasteiger partial charge < -0.3 is 9.47 Å². The van der Waals surface area contributed by atoms with E-state index in [4.69, 9.17) is 9.47 Å². The Morgan fingerprint density at radius 3 is 2.23 bits per heavy atom. The Kier molecular flexibility index (Phi) is 7.01. The van der Waals surface area contributed by atoms with Gasteiger partial charge in [0.05, 0.1) is 6.61 Å². The van der Waals surface area contributed by atoms with Gasteiger partial charge in [0.1, 0.15) is 5.75 Å². The van der Waals surface area contributed by atoms with Gasteiger partial charge in [-0.3, -0.25) is 0 Å². The van der Waals surface area contributed by atoms with E-state index in [9.17, 15) is 0 Å². The molecular weight excluding hydrogens is 380 g/mol. The second-order valence-corrected chi connectivity index (χ2v) is 8.06. The van der Waals surface area contributed by atoms with Gasteiger partial charge in [-0.1, -0.05) is 98.8 Å². The van der Waals surface area contributed by atoms with Crippen LogP contribution in [0.25, 0.3) is 10.8 Å². The molecule has 0 amide bonds. The first kappa shape index (κ1) is 21.1. The molecule has 0 saturated heterocycles. The summed E-state index contributed by atoms with van der Waals surface area (Å²) in [6, 6.07) is 33.6. The van der Waals surface area contributed by atoms with Crippen LogP contribution in [0.2, 0.25) is 0 Å². The molecule has 0 saturated carbocycles. The summed E-state index contributed by atoms with van der Waals surface area (Å²) >= 11 is 0. The zero-order chi connectivity index (χ0) is 21.5. The van der Waals surface area contributed by atoms with Gasteiger partial charge in [0.2, 0.25) is 6.29 Å². The fourth-order valence-corrected chi connectivity index (χ4v) is 3.80. The van der Waals surface area contributed by atoms with Crippen LogP contribution in [-0.2, 0) is 17.8 Å². The van der Waals surface area contributed by atoms with E-state index in [1.54, 1.807) is 0 Å². The van der Waals surface area contributed by atoms with Gasteiger partial charge in [0, 0.05) is 6.42 Å². The third kappa shape index (κ3) is 5.53. The Morgan fingerprint density at radius 2 is 1.45 bits per heavy atom. The van der Waals surface area contributed by atoms with E-state index in [2.05, 4.69) is 105 Å². The lowest BCUT2D eigenvalue weighted by atomic mass is 9.99. The van der Waals surface area contributed by atoms with Crippen LogP contribution in [0.3, 0.4) is 0 Å². The maximum atomic E-state index is 6.32. The Balaban J connectivity index is 1.51. The van der Waals surface area contributed by atoms with Gasteiger partial charge in [-0.25, -0.2) is 0 Å². The monoisotopic (exact) mass is 410 g/mol. The molecule has 0 fully saturated rings. The molecule has 0 radical (unpaired) electrons. The average molecular weight is 411 g/mol. The second kappa shape index (κ2) is 10.3. The molecule has 4 rings (SSSR count). The molecule has 0 aliphatic rings. The van der Waals surface area contributed by atoms with E-state index in [-0.39, 0.29) is 6.29 Å². The molecule has 0 aliphatic heterocycles. The van der Waals surface area contributed by atoms with E-state index < -0.39 is 0 Å². The number of rotatable bonds is 9. The van der Waals surface area contributed by atoms with Gasteiger partial charge in [0.15, 0.2) is 0 Å². The van der Waals surface area contributed by atoms with Crippen molar-refractivity contribution < 1.29 is 9.47 Å². The third-order valence-electron chi connectivity index (χ3n) is 5.88. The van der Waals surface area contributed by atoms with Crippen LogP contribution in [0.5, 0.6) is 5.75 Å². The van der Waals surface area contributed by atoms with Crippen molar-refractivity contribution in [3.8, 4) is 5.75 Å². The van der Waals surface area contributed by atoms with Crippen molar-refractivity contribution >= 4 is 10.8 Å². The number of benzene rings is 4. The molecule has 2 atom stereocenters. The Hall–Kier alpha value is -3.10. The third-order valence-corrected chi connectivity index (χ3v) is 5.88. The Morgan fingerprint density at radius 1 is 0.742 bits per heavy atom. The zero-order valence-corrected chi connectivity index (χ0v) is 18.3. The van der Waals surface area contributed by atoms with Crippen LogP contribution in [0.1, 0.15) is 42.9 Å². The normalized spacial score (nSPS) is 13.1. The topological polar surface area (TPSA) is 18.5 Å². The zero-order valence-electron chi connectivity index (χ0n) is 18.3.